The Bertz CT molecular complexity index is 1040. The number of Topliss-reactive ketones (excluding diaryl/α,β-unsaturated/α-hetero) is 1. The lowest BCUT2D eigenvalue weighted by molar-refractivity contribution is -0.123. The molecule has 0 amide bonds. The lowest BCUT2D eigenvalue weighted by Gasteiger charge is -2.28. The van der Waals surface area contributed by atoms with Crippen molar-refractivity contribution in [2.75, 3.05) is 23.7 Å². The zero-order valence-corrected chi connectivity index (χ0v) is 21.5. The molecular formula is C29H39NO3S. The van der Waals surface area contributed by atoms with Crippen LogP contribution in [0.3, 0.4) is 0 Å². The third-order valence-electron chi connectivity index (χ3n) is 7.74. The molecule has 1 aliphatic carbocycles. The quantitative estimate of drug-likeness (QED) is 0.458. The molecule has 0 atom stereocenters. The number of hydrogen-bond donors (Lipinski definition) is 0. The van der Waals surface area contributed by atoms with Gasteiger partial charge in [-0.05, 0) is 93.5 Å². The number of anilines is 1. The van der Waals surface area contributed by atoms with Crippen molar-refractivity contribution in [3.8, 4) is 11.1 Å². The van der Waals surface area contributed by atoms with Crippen LogP contribution >= 0.6 is 0 Å². The molecular weight excluding hydrogens is 442 g/mol. The Morgan fingerprint density at radius 2 is 1.41 bits per heavy atom. The van der Waals surface area contributed by atoms with Crippen molar-refractivity contribution in [2.45, 2.75) is 70.5 Å². The summed E-state index contributed by atoms with van der Waals surface area (Å²) >= 11 is 0. The van der Waals surface area contributed by atoms with Crippen LogP contribution in [0.4, 0.5) is 5.69 Å². The van der Waals surface area contributed by atoms with E-state index in [0.29, 0.717) is 12.2 Å². The largest absolute Gasteiger partial charge is 0.372 e. The SMILES string of the molecule is CC(C)S(=O)(=O)CC1CCC(C(=O)Cc2ccc(-c3ccc(N4CCCCC4)cc3)cc2)CC1. The molecule has 2 fully saturated rings. The number of sulfone groups is 1. The van der Waals surface area contributed by atoms with Crippen LogP contribution in [0.2, 0.25) is 0 Å². The second-order valence-corrected chi connectivity index (χ2v) is 13.1. The Balaban J connectivity index is 1.28. The van der Waals surface area contributed by atoms with Crippen LogP contribution in [0.15, 0.2) is 48.5 Å². The van der Waals surface area contributed by atoms with Crippen LogP contribution < -0.4 is 4.90 Å². The number of carbonyl (C=O) groups excluding carboxylic acids is 1. The number of ketones is 1. The molecule has 0 N–H and O–H groups in total. The minimum absolute atomic E-state index is 0.0695. The van der Waals surface area contributed by atoms with Crippen LogP contribution in [-0.4, -0.2) is 38.3 Å². The Morgan fingerprint density at radius 1 is 0.853 bits per heavy atom. The average Bonchev–Trinajstić information content (AvgIpc) is 2.85. The number of piperidine rings is 1. The first-order valence-corrected chi connectivity index (χ1v) is 14.7. The van der Waals surface area contributed by atoms with Gasteiger partial charge in [0.1, 0.15) is 5.78 Å². The second kappa shape index (κ2) is 11.1. The molecule has 0 spiro atoms. The van der Waals surface area contributed by atoms with Crippen molar-refractivity contribution >= 4 is 21.3 Å². The first-order valence-electron chi connectivity index (χ1n) is 13.0. The van der Waals surface area contributed by atoms with Gasteiger partial charge in [-0.1, -0.05) is 36.4 Å². The maximum Gasteiger partial charge on any atom is 0.152 e. The zero-order valence-electron chi connectivity index (χ0n) is 20.7. The van der Waals surface area contributed by atoms with Crippen LogP contribution in [0.5, 0.6) is 0 Å². The van der Waals surface area contributed by atoms with E-state index in [9.17, 15) is 13.2 Å². The van der Waals surface area contributed by atoms with Crippen LogP contribution in [-0.2, 0) is 21.1 Å². The summed E-state index contributed by atoms with van der Waals surface area (Å²) in [6.45, 7) is 5.81. The van der Waals surface area contributed by atoms with E-state index in [1.54, 1.807) is 13.8 Å². The molecule has 2 aliphatic rings. The number of hydrogen-bond acceptors (Lipinski definition) is 4. The molecule has 1 saturated carbocycles. The van der Waals surface area contributed by atoms with E-state index in [-0.39, 0.29) is 22.8 Å². The van der Waals surface area contributed by atoms with Gasteiger partial charge in [-0.25, -0.2) is 8.42 Å². The summed E-state index contributed by atoms with van der Waals surface area (Å²) in [7, 11) is -3.01. The minimum atomic E-state index is -3.01. The predicted octanol–water partition coefficient (Wildman–Crippen LogP) is 6.09. The van der Waals surface area contributed by atoms with Gasteiger partial charge in [0.2, 0.25) is 0 Å². The van der Waals surface area contributed by atoms with Gasteiger partial charge in [-0.2, -0.15) is 0 Å². The first-order chi connectivity index (χ1) is 16.3. The highest BCUT2D eigenvalue weighted by Crippen LogP contribution is 2.32. The summed E-state index contributed by atoms with van der Waals surface area (Å²) in [5, 5.41) is -0.317. The van der Waals surface area contributed by atoms with Crippen molar-refractivity contribution in [3.05, 3.63) is 54.1 Å². The lowest BCUT2D eigenvalue weighted by Crippen LogP contribution is -2.29. The van der Waals surface area contributed by atoms with Crippen molar-refractivity contribution in [3.63, 3.8) is 0 Å². The summed E-state index contributed by atoms with van der Waals surface area (Å²) in [5.41, 5.74) is 4.74. The van der Waals surface area contributed by atoms with Crippen molar-refractivity contribution in [1.82, 2.24) is 0 Å². The van der Waals surface area contributed by atoms with Gasteiger partial charge < -0.3 is 4.90 Å². The fourth-order valence-electron chi connectivity index (χ4n) is 5.35. The molecule has 0 aromatic heterocycles. The van der Waals surface area contributed by atoms with Gasteiger partial charge >= 0.3 is 0 Å². The molecule has 0 unspecified atom stereocenters. The Labute approximate surface area is 205 Å². The third kappa shape index (κ3) is 6.29. The van der Waals surface area contributed by atoms with Gasteiger partial charge in [0.25, 0.3) is 0 Å². The van der Waals surface area contributed by atoms with Gasteiger partial charge in [-0.3, -0.25) is 4.79 Å². The van der Waals surface area contributed by atoms with E-state index in [1.165, 1.54) is 36.1 Å². The molecule has 4 rings (SSSR count). The van der Waals surface area contributed by atoms with Crippen LogP contribution in [0.25, 0.3) is 11.1 Å². The molecule has 4 nitrogen and oxygen atoms in total. The first kappa shape index (κ1) is 25.0. The molecule has 2 aromatic rings. The van der Waals surface area contributed by atoms with Crippen molar-refractivity contribution in [1.29, 1.82) is 0 Å². The highest BCUT2D eigenvalue weighted by atomic mass is 32.2. The highest BCUT2D eigenvalue weighted by molar-refractivity contribution is 7.91. The maximum atomic E-state index is 12.9. The summed E-state index contributed by atoms with van der Waals surface area (Å²) in [4.78, 5) is 15.4. The third-order valence-corrected chi connectivity index (χ3v) is 10.1. The van der Waals surface area contributed by atoms with Crippen LogP contribution in [0, 0.1) is 11.8 Å². The van der Waals surface area contributed by atoms with Gasteiger partial charge in [0, 0.05) is 31.1 Å². The van der Waals surface area contributed by atoms with Gasteiger partial charge in [-0.15, -0.1) is 0 Å². The summed E-state index contributed by atoms with van der Waals surface area (Å²) < 4.78 is 24.4. The molecule has 2 aromatic carbocycles. The standard InChI is InChI=1S/C29H39NO3S/c1-22(2)34(32,33)21-24-8-12-27(13-9-24)29(31)20-23-6-10-25(11-7-23)26-14-16-28(17-15-26)30-18-4-3-5-19-30/h6-7,10-11,14-17,22,24,27H,3-5,8-9,12-13,18-21H2,1-2H3. The summed E-state index contributed by atoms with van der Waals surface area (Å²) in [6, 6.07) is 17.2. The lowest BCUT2D eigenvalue weighted by atomic mass is 9.79. The van der Waals surface area contributed by atoms with E-state index in [2.05, 4.69) is 53.4 Å². The Kier molecular flexibility index (Phi) is 8.13. The molecule has 1 heterocycles. The molecule has 1 aliphatic heterocycles. The fourth-order valence-corrected chi connectivity index (χ4v) is 6.72. The monoisotopic (exact) mass is 481 g/mol. The minimum Gasteiger partial charge on any atom is -0.372 e. The molecule has 1 saturated heterocycles. The Morgan fingerprint density at radius 3 is 1.97 bits per heavy atom. The number of rotatable bonds is 8. The smallest absolute Gasteiger partial charge is 0.152 e. The summed E-state index contributed by atoms with van der Waals surface area (Å²) in [5.74, 6) is 0.840. The maximum absolute atomic E-state index is 12.9. The van der Waals surface area contributed by atoms with E-state index in [1.807, 2.05) is 0 Å². The predicted molar refractivity (Wildman–Crippen MR) is 141 cm³/mol. The highest BCUT2D eigenvalue weighted by Gasteiger charge is 2.30. The molecule has 0 bridgehead atoms. The van der Waals surface area contributed by atoms with Crippen molar-refractivity contribution in [2.24, 2.45) is 11.8 Å². The van der Waals surface area contributed by atoms with E-state index in [4.69, 9.17) is 0 Å². The van der Waals surface area contributed by atoms with Crippen LogP contribution in [0.1, 0.15) is 64.4 Å². The average molecular weight is 482 g/mol. The molecule has 184 valence electrons. The Hall–Kier alpha value is -2.14. The number of benzene rings is 2. The number of carbonyl (C=O) groups is 1. The zero-order chi connectivity index (χ0) is 24.1. The van der Waals surface area contributed by atoms with Gasteiger partial charge in [0.05, 0.1) is 11.0 Å². The van der Waals surface area contributed by atoms with E-state index in [0.717, 1.165) is 44.3 Å². The molecule has 5 heteroatoms. The normalized spacial score (nSPS) is 21.6. The van der Waals surface area contributed by atoms with Crippen molar-refractivity contribution < 1.29 is 13.2 Å². The van der Waals surface area contributed by atoms with Gasteiger partial charge in [0.15, 0.2) is 9.84 Å². The molecule has 34 heavy (non-hydrogen) atoms. The fraction of sp³-hybridized carbons (Fsp3) is 0.552. The topological polar surface area (TPSA) is 54.5 Å². The van der Waals surface area contributed by atoms with E-state index >= 15 is 0 Å². The van der Waals surface area contributed by atoms with E-state index < -0.39 is 9.84 Å². The summed E-state index contributed by atoms with van der Waals surface area (Å²) in [6.07, 6.45) is 7.69. The molecule has 0 radical (unpaired) electrons. The number of nitrogens with zero attached hydrogens (tertiary/aromatic N) is 1. The second-order valence-electron chi connectivity index (χ2n) is 10.5.